The zero-order valence-electron chi connectivity index (χ0n) is 13.8. The van der Waals surface area contributed by atoms with Gasteiger partial charge in [0.15, 0.2) is 0 Å². The molecule has 2 aromatic carbocycles. The first-order valence-corrected chi connectivity index (χ1v) is 7.75. The molecular weight excluding hydrogens is 300 g/mol. The van der Waals surface area contributed by atoms with Crippen molar-refractivity contribution in [3.05, 3.63) is 72.4 Å². The van der Waals surface area contributed by atoms with Gasteiger partial charge in [-0.2, -0.15) is 4.98 Å². The highest BCUT2D eigenvalue weighted by Gasteiger charge is 2.06. The summed E-state index contributed by atoms with van der Waals surface area (Å²) in [6, 6.07) is 19.9. The quantitative estimate of drug-likeness (QED) is 0.747. The Morgan fingerprint density at radius 2 is 1.75 bits per heavy atom. The summed E-state index contributed by atoms with van der Waals surface area (Å²) in [5, 5.41) is 3.26. The van der Waals surface area contributed by atoms with Gasteiger partial charge < -0.3 is 15.0 Å². The highest BCUT2D eigenvalue weighted by atomic mass is 16.5. The van der Waals surface area contributed by atoms with Gasteiger partial charge in [0, 0.05) is 25.5 Å². The zero-order valence-corrected chi connectivity index (χ0v) is 13.8. The van der Waals surface area contributed by atoms with Gasteiger partial charge in [-0.1, -0.05) is 30.3 Å². The molecule has 24 heavy (non-hydrogen) atoms. The van der Waals surface area contributed by atoms with Crippen molar-refractivity contribution in [2.75, 3.05) is 24.4 Å². The van der Waals surface area contributed by atoms with E-state index in [-0.39, 0.29) is 0 Å². The Balaban J connectivity index is 1.68. The molecule has 0 saturated heterocycles. The molecule has 0 aliphatic rings. The normalized spacial score (nSPS) is 10.2. The van der Waals surface area contributed by atoms with Gasteiger partial charge in [0.25, 0.3) is 0 Å². The fraction of sp³-hybridized carbons (Fsp3) is 0.158. The van der Waals surface area contributed by atoms with Crippen LogP contribution >= 0.6 is 0 Å². The molecule has 0 atom stereocenters. The number of aromatic nitrogens is 2. The van der Waals surface area contributed by atoms with Crippen LogP contribution in [-0.2, 0) is 6.54 Å². The minimum absolute atomic E-state index is 0.603. The predicted octanol–water partition coefficient (Wildman–Crippen LogP) is 3.87. The fourth-order valence-corrected chi connectivity index (χ4v) is 2.33. The molecule has 0 aliphatic carbocycles. The first-order valence-electron chi connectivity index (χ1n) is 7.75. The van der Waals surface area contributed by atoms with Crippen molar-refractivity contribution in [3.8, 4) is 5.75 Å². The van der Waals surface area contributed by atoms with Gasteiger partial charge in [0.2, 0.25) is 5.95 Å². The van der Waals surface area contributed by atoms with E-state index in [4.69, 9.17) is 4.74 Å². The van der Waals surface area contributed by atoms with Gasteiger partial charge in [-0.15, -0.1) is 0 Å². The number of para-hydroxylation sites is 1. The van der Waals surface area contributed by atoms with Crippen LogP contribution in [0.15, 0.2) is 66.9 Å². The summed E-state index contributed by atoms with van der Waals surface area (Å²) in [6.45, 7) is 0.655. The van der Waals surface area contributed by atoms with Crippen LogP contribution in [0.2, 0.25) is 0 Å². The van der Waals surface area contributed by atoms with E-state index in [0.717, 1.165) is 22.8 Å². The van der Waals surface area contributed by atoms with E-state index in [2.05, 4.69) is 15.3 Å². The third kappa shape index (κ3) is 3.81. The second kappa shape index (κ2) is 7.46. The Morgan fingerprint density at radius 3 is 2.46 bits per heavy atom. The van der Waals surface area contributed by atoms with E-state index >= 15 is 0 Å². The minimum atomic E-state index is 0.603. The van der Waals surface area contributed by atoms with Crippen LogP contribution in [-0.4, -0.2) is 24.1 Å². The number of rotatable bonds is 6. The van der Waals surface area contributed by atoms with Crippen molar-refractivity contribution in [1.29, 1.82) is 0 Å². The Labute approximate surface area is 142 Å². The molecule has 5 nitrogen and oxygen atoms in total. The standard InChI is InChI=1S/C19H20N4O/c1-23(16-6-4-3-5-7-16)18-12-13-20-19(22-18)21-14-15-8-10-17(24-2)11-9-15/h3-13H,14H2,1-2H3,(H,20,21,22). The Kier molecular flexibility index (Phi) is 4.91. The van der Waals surface area contributed by atoms with E-state index in [9.17, 15) is 0 Å². The lowest BCUT2D eigenvalue weighted by molar-refractivity contribution is 0.414. The van der Waals surface area contributed by atoms with E-state index in [1.807, 2.05) is 72.6 Å². The average molecular weight is 320 g/mol. The van der Waals surface area contributed by atoms with E-state index < -0.39 is 0 Å². The molecule has 0 saturated carbocycles. The molecule has 1 heterocycles. The molecule has 0 fully saturated rings. The summed E-state index contributed by atoms with van der Waals surface area (Å²) in [6.07, 6.45) is 1.76. The monoisotopic (exact) mass is 320 g/mol. The second-order valence-corrected chi connectivity index (χ2v) is 5.33. The summed E-state index contributed by atoms with van der Waals surface area (Å²) >= 11 is 0. The van der Waals surface area contributed by atoms with E-state index in [1.54, 1.807) is 13.3 Å². The van der Waals surface area contributed by atoms with Crippen molar-refractivity contribution >= 4 is 17.5 Å². The summed E-state index contributed by atoms with van der Waals surface area (Å²) in [4.78, 5) is 10.9. The van der Waals surface area contributed by atoms with Gasteiger partial charge in [-0.05, 0) is 35.9 Å². The number of anilines is 3. The molecule has 0 spiro atoms. The SMILES string of the molecule is COc1ccc(CNc2nccc(N(C)c3ccccc3)n2)cc1. The van der Waals surface area contributed by atoms with Gasteiger partial charge >= 0.3 is 0 Å². The lowest BCUT2D eigenvalue weighted by Gasteiger charge is -2.18. The number of nitrogens with one attached hydrogen (secondary N) is 1. The first kappa shape index (κ1) is 15.8. The maximum absolute atomic E-state index is 5.17. The van der Waals surface area contributed by atoms with Gasteiger partial charge in [0.1, 0.15) is 11.6 Å². The van der Waals surface area contributed by atoms with Crippen LogP contribution in [0.4, 0.5) is 17.5 Å². The summed E-state index contributed by atoms with van der Waals surface area (Å²) in [5.41, 5.74) is 2.22. The molecule has 0 aliphatic heterocycles. The number of hydrogen-bond donors (Lipinski definition) is 1. The van der Waals surface area contributed by atoms with Crippen LogP contribution in [0, 0.1) is 0 Å². The van der Waals surface area contributed by atoms with Crippen LogP contribution < -0.4 is 15.0 Å². The molecule has 0 radical (unpaired) electrons. The van der Waals surface area contributed by atoms with Crippen LogP contribution in [0.1, 0.15) is 5.56 Å². The summed E-state index contributed by atoms with van der Waals surface area (Å²) in [5.74, 6) is 2.29. The van der Waals surface area contributed by atoms with Crippen molar-refractivity contribution < 1.29 is 4.74 Å². The molecule has 1 N–H and O–H groups in total. The number of ether oxygens (including phenoxy) is 1. The Morgan fingerprint density at radius 1 is 1.00 bits per heavy atom. The molecular formula is C19H20N4O. The van der Waals surface area contributed by atoms with Crippen molar-refractivity contribution in [1.82, 2.24) is 9.97 Å². The average Bonchev–Trinajstić information content (AvgIpc) is 2.67. The topological polar surface area (TPSA) is 50.3 Å². The third-order valence-corrected chi connectivity index (χ3v) is 3.74. The van der Waals surface area contributed by atoms with E-state index in [1.165, 1.54) is 0 Å². The Hall–Kier alpha value is -3.08. The summed E-state index contributed by atoms with van der Waals surface area (Å²) < 4.78 is 5.17. The third-order valence-electron chi connectivity index (χ3n) is 3.74. The van der Waals surface area contributed by atoms with Gasteiger partial charge in [-0.3, -0.25) is 0 Å². The predicted molar refractivity (Wildman–Crippen MR) is 96.9 cm³/mol. The summed E-state index contributed by atoms with van der Waals surface area (Å²) in [7, 11) is 3.65. The van der Waals surface area contributed by atoms with Crippen LogP contribution in [0.5, 0.6) is 5.75 Å². The highest BCUT2D eigenvalue weighted by molar-refractivity contribution is 5.59. The minimum Gasteiger partial charge on any atom is -0.497 e. The molecule has 0 unspecified atom stereocenters. The number of hydrogen-bond acceptors (Lipinski definition) is 5. The maximum atomic E-state index is 5.17. The number of benzene rings is 2. The van der Waals surface area contributed by atoms with Crippen molar-refractivity contribution in [2.45, 2.75) is 6.54 Å². The molecule has 0 amide bonds. The smallest absolute Gasteiger partial charge is 0.224 e. The van der Waals surface area contributed by atoms with Crippen LogP contribution in [0.3, 0.4) is 0 Å². The maximum Gasteiger partial charge on any atom is 0.224 e. The zero-order chi connectivity index (χ0) is 16.8. The largest absolute Gasteiger partial charge is 0.497 e. The molecule has 3 rings (SSSR count). The molecule has 122 valence electrons. The highest BCUT2D eigenvalue weighted by Crippen LogP contribution is 2.21. The molecule has 0 bridgehead atoms. The lowest BCUT2D eigenvalue weighted by atomic mass is 10.2. The first-order chi connectivity index (χ1) is 11.8. The number of nitrogens with zero attached hydrogens (tertiary/aromatic N) is 3. The van der Waals surface area contributed by atoms with Gasteiger partial charge in [-0.25, -0.2) is 4.98 Å². The van der Waals surface area contributed by atoms with Crippen LogP contribution in [0.25, 0.3) is 0 Å². The Bertz CT molecular complexity index is 775. The van der Waals surface area contributed by atoms with E-state index in [0.29, 0.717) is 12.5 Å². The fourth-order valence-electron chi connectivity index (χ4n) is 2.33. The second-order valence-electron chi connectivity index (χ2n) is 5.33. The van der Waals surface area contributed by atoms with Gasteiger partial charge in [0.05, 0.1) is 7.11 Å². The lowest BCUT2D eigenvalue weighted by Crippen LogP contribution is -2.13. The molecule has 1 aromatic heterocycles. The molecule has 5 heteroatoms. The number of methoxy groups -OCH3 is 1. The van der Waals surface area contributed by atoms with Crippen molar-refractivity contribution in [3.63, 3.8) is 0 Å². The molecule has 3 aromatic rings. The van der Waals surface area contributed by atoms with Crippen molar-refractivity contribution in [2.24, 2.45) is 0 Å².